The molecular weight excluding hydrogens is 243 g/mol. The van der Waals surface area contributed by atoms with Gasteiger partial charge in [0.15, 0.2) is 0 Å². The highest BCUT2D eigenvalue weighted by atomic mass is 19.1. The van der Waals surface area contributed by atoms with Gasteiger partial charge in [0, 0.05) is 24.7 Å². The van der Waals surface area contributed by atoms with Crippen LogP contribution in [0.2, 0.25) is 0 Å². The van der Waals surface area contributed by atoms with Crippen molar-refractivity contribution in [3.8, 4) is 0 Å². The van der Waals surface area contributed by atoms with E-state index in [0.717, 1.165) is 22.8 Å². The molecule has 0 saturated heterocycles. The van der Waals surface area contributed by atoms with E-state index in [1.165, 1.54) is 12.3 Å². The molecule has 0 saturated carbocycles. The van der Waals surface area contributed by atoms with Crippen LogP contribution < -0.4 is 0 Å². The molecule has 0 aliphatic carbocycles. The maximum Gasteiger partial charge on any atom is 0.143 e. The number of pyridine rings is 1. The molecule has 92 valence electrons. The lowest BCUT2D eigenvalue weighted by molar-refractivity contribution is 0.622. The first kappa shape index (κ1) is 11.4. The molecule has 19 heavy (non-hydrogen) atoms. The van der Waals surface area contributed by atoms with E-state index in [2.05, 4.69) is 19.9 Å². The molecule has 0 aliphatic rings. The zero-order chi connectivity index (χ0) is 13.1. The van der Waals surface area contributed by atoms with Crippen LogP contribution in [-0.4, -0.2) is 21.2 Å². The molecule has 2 heterocycles. The summed E-state index contributed by atoms with van der Waals surface area (Å²) in [6, 6.07) is 6.95. The normalized spacial score (nSPS) is 11.2. The van der Waals surface area contributed by atoms with E-state index >= 15 is 0 Å². The summed E-state index contributed by atoms with van der Waals surface area (Å²) in [4.78, 5) is 16.3. The van der Waals surface area contributed by atoms with E-state index in [0.29, 0.717) is 5.69 Å². The van der Waals surface area contributed by atoms with Crippen molar-refractivity contribution < 1.29 is 4.39 Å². The molecule has 0 bridgehead atoms. The highest BCUT2D eigenvalue weighted by Gasteiger charge is 1.97. The van der Waals surface area contributed by atoms with Crippen molar-refractivity contribution in [2.45, 2.75) is 0 Å². The molecule has 3 rings (SSSR count). The van der Waals surface area contributed by atoms with E-state index in [4.69, 9.17) is 0 Å². The molecule has 4 nitrogen and oxygen atoms in total. The molecule has 2 aromatic heterocycles. The standard InChI is InChI=1S/C14H9FN4/c15-11-6-12(9-16-8-11)19-7-10-1-2-13-14(5-10)18-4-3-17-13/h1-9H. The second-order valence-corrected chi connectivity index (χ2v) is 3.92. The van der Waals surface area contributed by atoms with Crippen LogP contribution in [0.3, 0.4) is 0 Å². The summed E-state index contributed by atoms with van der Waals surface area (Å²) in [5, 5.41) is 0. The van der Waals surface area contributed by atoms with Crippen molar-refractivity contribution in [1.29, 1.82) is 0 Å². The van der Waals surface area contributed by atoms with Gasteiger partial charge in [-0.15, -0.1) is 0 Å². The summed E-state index contributed by atoms with van der Waals surface area (Å²) in [6.45, 7) is 0. The Morgan fingerprint density at radius 1 is 1.00 bits per heavy atom. The maximum absolute atomic E-state index is 12.9. The van der Waals surface area contributed by atoms with Gasteiger partial charge in [-0.3, -0.25) is 19.9 Å². The number of benzene rings is 1. The fourth-order valence-electron chi connectivity index (χ4n) is 1.68. The van der Waals surface area contributed by atoms with Crippen LogP contribution in [0, 0.1) is 5.82 Å². The molecule has 0 fully saturated rings. The summed E-state index contributed by atoms with van der Waals surface area (Å²) in [7, 11) is 0. The Hall–Kier alpha value is -2.69. The monoisotopic (exact) mass is 252 g/mol. The van der Waals surface area contributed by atoms with Crippen LogP contribution in [0.1, 0.15) is 5.56 Å². The minimum atomic E-state index is -0.404. The van der Waals surface area contributed by atoms with Crippen molar-refractivity contribution in [2.24, 2.45) is 4.99 Å². The molecule has 0 atom stereocenters. The van der Waals surface area contributed by atoms with E-state index in [9.17, 15) is 4.39 Å². The minimum absolute atomic E-state index is 0.404. The number of hydrogen-bond acceptors (Lipinski definition) is 4. The highest BCUT2D eigenvalue weighted by Crippen LogP contribution is 2.13. The van der Waals surface area contributed by atoms with E-state index < -0.39 is 5.82 Å². The predicted molar refractivity (Wildman–Crippen MR) is 71.0 cm³/mol. The Morgan fingerprint density at radius 2 is 1.84 bits per heavy atom. The first-order chi connectivity index (χ1) is 9.31. The van der Waals surface area contributed by atoms with Crippen molar-refractivity contribution in [1.82, 2.24) is 15.0 Å². The van der Waals surface area contributed by atoms with Gasteiger partial charge in [0.05, 0.1) is 29.1 Å². The third kappa shape index (κ3) is 2.60. The van der Waals surface area contributed by atoms with Crippen LogP contribution in [0.15, 0.2) is 54.0 Å². The van der Waals surface area contributed by atoms with Crippen LogP contribution >= 0.6 is 0 Å². The summed E-state index contributed by atoms with van der Waals surface area (Å²) >= 11 is 0. The summed E-state index contributed by atoms with van der Waals surface area (Å²) in [5.41, 5.74) is 2.97. The van der Waals surface area contributed by atoms with Gasteiger partial charge in [-0.05, 0) is 17.7 Å². The molecular formula is C14H9FN4. The van der Waals surface area contributed by atoms with Crippen molar-refractivity contribution in [2.75, 3.05) is 0 Å². The van der Waals surface area contributed by atoms with Gasteiger partial charge in [0.2, 0.25) is 0 Å². The van der Waals surface area contributed by atoms with Gasteiger partial charge >= 0.3 is 0 Å². The summed E-state index contributed by atoms with van der Waals surface area (Å²) < 4.78 is 12.9. The highest BCUT2D eigenvalue weighted by molar-refractivity contribution is 5.87. The van der Waals surface area contributed by atoms with Gasteiger partial charge in [0.25, 0.3) is 0 Å². The summed E-state index contributed by atoms with van der Waals surface area (Å²) in [6.07, 6.45) is 7.57. The van der Waals surface area contributed by atoms with E-state index in [1.54, 1.807) is 18.6 Å². The largest absolute Gasteiger partial charge is 0.259 e. The summed E-state index contributed by atoms with van der Waals surface area (Å²) in [5.74, 6) is -0.404. The van der Waals surface area contributed by atoms with Crippen LogP contribution in [-0.2, 0) is 0 Å². The van der Waals surface area contributed by atoms with Crippen molar-refractivity contribution >= 4 is 22.9 Å². The zero-order valence-electron chi connectivity index (χ0n) is 9.86. The Labute approximate surface area is 108 Å². The quantitative estimate of drug-likeness (QED) is 0.659. The van der Waals surface area contributed by atoms with Gasteiger partial charge in [-0.1, -0.05) is 6.07 Å². The lowest BCUT2D eigenvalue weighted by Gasteiger charge is -1.97. The van der Waals surface area contributed by atoms with Crippen LogP contribution in [0.5, 0.6) is 0 Å². The molecule has 0 N–H and O–H groups in total. The van der Waals surface area contributed by atoms with Gasteiger partial charge in [0.1, 0.15) is 5.82 Å². The average molecular weight is 252 g/mol. The zero-order valence-corrected chi connectivity index (χ0v) is 9.86. The third-order valence-electron chi connectivity index (χ3n) is 2.55. The van der Waals surface area contributed by atoms with Gasteiger partial charge < -0.3 is 0 Å². The smallest absolute Gasteiger partial charge is 0.143 e. The van der Waals surface area contributed by atoms with Crippen molar-refractivity contribution in [3.63, 3.8) is 0 Å². The Balaban J connectivity index is 1.92. The fraction of sp³-hybridized carbons (Fsp3) is 0. The molecule has 0 unspecified atom stereocenters. The first-order valence-electron chi connectivity index (χ1n) is 5.67. The lowest BCUT2D eigenvalue weighted by Crippen LogP contribution is -1.86. The van der Waals surface area contributed by atoms with E-state index in [-0.39, 0.29) is 0 Å². The SMILES string of the molecule is Fc1cncc(N=Cc2ccc3nccnc3c2)c1. The maximum atomic E-state index is 12.9. The van der Waals surface area contributed by atoms with Crippen molar-refractivity contribution in [3.05, 3.63) is 60.4 Å². The number of rotatable bonds is 2. The fourth-order valence-corrected chi connectivity index (χ4v) is 1.68. The second-order valence-electron chi connectivity index (χ2n) is 3.92. The molecule has 1 aromatic carbocycles. The minimum Gasteiger partial charge on any atom is -0.259 e. The van der Waals surface area contributed by atoms with Gasteiger partial charge in [-0.25, -0.2) is 4.39 Å². The van der Waals surface area contributed by atoms with Crippen LogP contribution in [0.4, 0.5) is 10.1 Å². The number of aromatic nitrogens is 3. The topological polar surface area (TPSA) is 51.0 Å². The molecule has 0 amide bonds. The van der Waals surface area contributed by atoms with Gasteiger partial charge in [-0.2, -0.15) is 0 Å². The molecule has 0 radical (unpaired) electrons. The third-order valence-corrected chi connectivity index (χ3v) is 2.55. The number of nitrogens with zero attached hydrogens (tertiary/aromatic N) is 4. The lowest BCUT2D eigenvalue weighted by atomic mass is 10.2. The number of aliphatic imine (C=N–C) groups is 1. The molecule has 5 heteroatoms. The average Bonchev–Trinajstić information content (AvgIpc) is 2.45. The Bertz CT molecular complexity index is 755. The second kappa shape index (κ2) is 4.89. The Morgan fingerprint density at radius 3 is 2.68 bits per heavy atom. The van der Waals surface area contributed by atoms with E-state index in [1.807, 2.05) is 18.2 Å². The van der Waals surface area contributed by atoms with Crippen LogP contribution in [0.25, 0.3) is 11.0 Å². The molecule has 3 aromatic rings. The number of hydrogen-bond donors (Lipinski definition) is 0. The number of fused-ring (bicyclic) bond motifs is 1. The first-order valence-corrected chi connectivity index (χ1v) is 5.67. The predicted octanol–water partition coefficient (Wildman–Crippen LogP) is 2.91. The molecule has 0 spiro atoms. The Kier molecular flexibility index (Phi) is 2.94. The number of halogens is 1. The molecule has 0 aliphatic heterocycles.